The van der Waals surface area contributed by atoms with Crippen molar-refractivity contribution >= 4 is 5.78 Å². The zero-order chi connectivity index (χ0) is 16.4. The second-order valence-electron chi connectivity index (χ2n) is 5.53. The van der Waals surface area contributed by atoms with Crippen molar-refractivity contribution in [1.29, 1.82) is 0 Å². The Bertz CT molecular complexity index is 886. The van der Waals surface area contributed by atoms with Crippen LogP contribution >= 0.6 is 0 Å². The molecule has 0 amide bonds. The third kappa shape index (κ3) is 2.46. The minimum atomic E-state index is -0.00212. The number of carbonyl (C=O) groups is 1. The molecule has 0 saturated heterocycles. The first-order chi connectivity index (χ1) is 11.8. The van der Waals surface area contributed by atoms with Gasteiger partial charge in [-0.05, 0) is 48.5 Å². The van der Waals surface area contributed by atoms with Gasteiger partial charge in [0.2, 0.25) is 5.78 Å². The maximum Gasteiger partial charge on any atom is 0.226 e. The van der Waals surface area contributed by atoms with Gasteiger partial charge in [0.05, 0.1) is 11.4 Å². The van der Waals surface area contributed by atoms with Gasteiger partial charge in [0, 0.05) is 23.8 Å². The second-order valence-corrected chi connectivity index (χ2v) is 5.53. The lowest BCUT2D eigenvalue weighted by Crippen LogP contribution is -2.12. The summed E-state index contributed by atoms with van der Waals surface area (Å²) in [5.74, 6) is -0.00212. The molecule has 0 aliphatic heterocycles. The molecule has 4 rings (SSSR count). The highest BCUT2D eigenvalue weighted by Crippen LogP contribution is 2.19. The summed E-state index contributed by atoms with van der Waals surface area (Å²) in [7, 11) is 0. The maximum atomic E-state index is 13.1. The van der Waals surface area contributed by atoms with Gasteiger partial charge < -0.3 is 9.13 Å². The van der Waals surface area contributed by atoms with Crippen LogP contribution in [0.4, 0.5) is 0 Å². The van der Waals surface area contributed by atoms with Gasteiger partial charge in [-0.1, -0.05) is 36.4 Å². The third-order valence-electron chi connectivity index (χ3n) is 4.03. The molecule has 0 saturated carbocycles. The molecule has 0 N–H and O–H groups in total. The summed E-state index contributed by atoms with van der Waals surface area (Å²) in [5, 5.41) is 0. The first kappa shape index (κ1) is 14.3. The van der Waals surface area contributed by atoms with Gasteiger partial charge in [-0.3, -0.25) is 4.79 Å². The van der Waals surface area contributed by atoms with Crippen molar-refractivity contribution in [1.82, 2.24) is 9.13 Å². The van der Waals surface area contributed by atoms with Crippen molar-refractivity contribution in [3.63, 3.8) is 0 Å². The van der Waals surface area contributed by atoms with Gasteiger partial charge in [-0.25, -0.2) is 0 Å². The first-order valence-corrected chi connectivity index (χ1v) is 7.85. The van der Waals surface area contributed by atoms with Crippen LogP contribution in [0.3, 0.4) is 0 Å². The van der Waals surface area contributed by atoms with E-state index in [0.29, 0.717) is 11.4 Å². The standard InChI is InChI=1S/C21H16N2O/c24-21(19-13-7-15-22(19)17-9-3-1-4-10-17)20-14-8-16-23(20)18-11-5-2-6-12-18/h1-16H. The number of para-hydroxylation sites is 2. The second kappa shape index (κ2) is 6.05. The van der Waals surface area contributed by atoms with Crippen LogP contribution in [0.25, 0.3) is 11.4 Å². The van der Waals surface area contributed by atoms with Crippen molar-refractivity contribution in [2.24, 2.45) is 0 Å². The van der Waals surface area contributed by atoms with Crippen molar-refractivity contribution in [3.8, 4) is 11.4 Å². The number of hydrogen-bond donors (Lipinski definition) is 0. The molecule has 2 aromatic heterocycles. The number of nitrogens with zero attached hydrogens (tertiary/aromatic N) is 2. The van der Waals surface area contributed by atoms with E-state index in [2.05, 4.69) is 0 Å². The Morgan fingerprint density at radius 2 is 0.958 bits per heavy atom. The summed E-state index contributed by atoms with van der Waals surface area (Å²) < 4.78 is 3.84. The average molecular weight is 312 g/mol. The normalized spacial score (nSPS) is 10.7. The zero-order valence-electron chi connectivity index (χ0n) is 13.0. The quantitative estimate of drug-likeness (QED) is 0.510. The maximum absolute atomic E-state index is 13.1. The molecule has 0 spiro atoms. The number of carbonyl (C=O) groups excluding carboxylic acids is 1. The Morgan fingerprint density at radius 3 is 1.38 bits per heavy atom. The van der Waals surface area contributed by atoms with Gasteiger partial charge in [0.25, 0.3) is 0 Å². The predicted octanol–water partition coefficient (Wildman–Crippen LogP) is 4.50. The van der Waals surface area contributed by atoms with Crippen LogP contribution in [-0.4, -0.2) is 14.9 Å². The molecule has 4 aromatic rings. The molecule has 0 radical (unpaired) electrons. The van der Waals surface area contributed by atoms with E-state index in [9.17, 15) is 4.79 Å². The van der Waals surface area contributed by atoms with Gasteiger partial charge >= 0.3 is 0 Å². The van der Waals surface area contributed by atoms with E-state index in [1.54, 1.807) is 0 Å². The van der Waals surface area contributed by atoms with Crippen LogP contribution in [0.5, 0.6) is 0 Å². The van der Waals surface area contributed by atoms with Crippen LogP contribution in [0.15, 0.2) is 97.3 Å². The largest absolute Gasteiger partial charge is 0.314 e. The number of ketones is 1. The predicted molar refractivity (Wildman–Crippen MR) is 95.0 cm³/mol. The lowest BCUT2D eigenvalue weighted by atomic mass is 10.2. The van der Waals surface area contributed by atoms with Crippen LogP contribution in [0.2, 0.25) is 0 Å². The Labute approximate surface area is 140 Å². The van der Waals surface area contributed by atoms with Crippen molar-refractivity contribution in [2.45, 2.75) is 0 Å². The molecule has 3 nitrogen and oxygen atoms in total. The molecule has 0 aliphatic carbocycles. The molecule has 3 heteroatoms. The van der Waals surface area contributed by atoms with Crippen LogP contribution in [0, 0.1) is 0 Å². The minimum absolute atomic E-state index is 0.00212. The molecule has 116 valence electrons. The molecular formula is C21H16N2O. The van der Waals surface area contributed by atoms with E-state index in [1.807, 2.05) is 106 Å². The highest BCUT2D eigenvalue weighted by atomic mass is 16.1. The molecule has 0 unspecified atom stereocenters. The third-order valence-corrected chi connectivity index (χ3v) is 4.03. The van der Waals surface area contributed by atoms with E-state index < -0.39 is 0 Å². The number of hydrogen-bond acceptors (Lipinski definition) is 1. The first-order valence-electron chi connectivity index (χ1n) is 7.85. The van der Waals surface area contributed by atoms with Crippen LogP contribution < -0.4 is 0 Å². The van der Waals surface area contributed by atoms with Gasteiger partial charge in [-0.15, -0.1) is 0 Å². The molecule has 24 heavy (non-hydrogen) atoms. The zero-order valence-corrected chi connectivity index (χ0v) is 13.0. The smallest absolute Gasteiger partial charge is 0.226 e. The number of benzene rings is 2. The molecule has 0 fully saturated rings. The SMILES string of the molecule is O=C(c1cccn1-c1ccccc1)c1cccn1-c1ccccc1. The molecule has 2 aromatic carbocycles. The van der Waals surface area contributed by atoms with E-state index >= 15 is 0 Å². The van der Waals surface area contributed by atoms with Crippen LogP contribution in [-0.2, 0) is 0 Å². The molecule has 0 aliphatic rings. The average Bonchev–Trinajstić information content (AvgIpc) is 3.32. The summed E-state index contributed by atoms with van der Waals surface area (Å²) >= 11 is 0. The number of aromatic nitrogens is 2. The van der Waals surface area contributed by atoms with E-state index in [1.165, 1.54) is 0 Å². The fourth-order valence-electron chi connectivity index (χ4n) is 2.89. The van der Waals surface area contributed by atoms with E-state index in [4.69, 9.17) is 0 Å². The molecule has 2 heterocycles. The minimum Gasteiger partial charge on any atom is -0.314 e. The van der Waals surface area contributed by atoms with E-state index in [-0.39, 0.29) is 5.78 Å². The molecule has 0 bridgehead atoms. The monoisotopic (exact) mass is 312 g/mol. The topological polar surface area (TPSA) is 26.9 Å². The van der Waals surface area contributed by atoms with Crippen molar-refractivity contribution in [2.75, 3.05) is 0 Å². The number of rotatable bonds is 4. The van der Waals surface area contributed by atoms with Gasteiger partial charge in [0.15, 0.2) is 0 Å². The van der Waals surface area contributed by atoms with Crippen molar-refractivity contribution in [3.05, 3.63) is 109 Å². The summed E-state index contributed by atoms with van der Waals surface area (Å²) in [6, 6.07) is 27.3. The molecule has 0 atom stereocenters. The fraction of sp³-hybridized carbons (Fsp3) is 0. The summed E-state index contributed by atoms with van der Waals surface area (Å²) in [6.45, 7) is 0. The highest BCUT2D eigenvalue weighted by Gasteiger charge is 2.18. The fourth-order valence-corrected chi connectivity index (χ4v) is 2.89. The van der Waals surface area contributed by atoms with Crippen LogP contribution in [0.1, 0.15) is 16.2 Å². The van der Waals surface area contributed by atoms with E-state index in [0.717, 1.165) is 11.4 Å². The Hall–Kier alpha value is -3.33. The summed E-state index contributed by atoms with van der Waals surface area (Å²) in [5.41, 5.74) is 3.25. The van der Waals surface area contributed by atoms with Crippen molar-refractivity contribution < 1.29 is 4.79 Å². The van der Waals surface area contributed by atoms with Gasteiger partial charge in [0.1, 0.15) is 0 Å². The van der Waals surface area contributed by atoms with Gasteiger partial charge in [-0.2, -0.15) is 0 Å². The Balaban J connectivity index is 1.78. The lowest BCUT2D eigenvalue weighted by molar-refractivity contribution is 0.102. The molecular weight excluding hydrogens is 296 g/mol. The lowest BCUT2D eigenvalue weighted by Gasteiger charge is -2.11. The highest BCUT2D eigenvalue weighted by molar-refractivity contribution is 6.07. The Morgan fingerprint density at radius 1 is 0.542 bits per heavy atom. The summed E-state index contributed by atoms with van der Waals surface area (Å²) in [4.78, 5) is 13.1. The summed E-state index contributed by atoms with van der Waals surface area (Å²) in [6.07, 6.45) is 3.83. The Kier molecular flexibility index (Phi) is 3.60.